The maximum Gasteiger partial charge on any atom is 0.251 e. The molecule has 0 spiro atoms. The average Bonchev–Trinajstić information content (AvgIpc) is 2.86. The van der Waals surface area contributed by atoms with Crippen LogP contribution in [0, 0.1) is 11.3 Å². The number of nitriles is 1. The fraction of sp³-hybridized carbons (Fsp3) is 0.167. The Labute approximate surface area is 185 Å². The van der Waals surface area contributed by atoms with Crippen LogP contribution in [-0.2, 0) is 0 Å². The van der Waals surface area contributed by atoms with Crippen molar-refractivity contribution in [2.75, 3.05) is 27.9 Å². The number of carbonyl (C=O) groups excluding carboxylic acids is 2. The van der Waals surface area contributed by atoms with E-state index in [1.165, 1.54) is 33.5 Å². The first-order chi connectivity index (χ1) is 15.5. The van der Waals surface area contributed by atoms with Gasteiger partial charge in [-0.3, -0.25) is 9.59 Å². The molecule has 0 aliphatic carbocycles. The number of ether oxygens (including phenoxy) is 3. The Balaban J connectivity index is 1.76. The van der Waals surface area contributed by atoms with Crippen LogP contribution in [0.3, 0.4) is 0 Å². The summed E-state index contributed by atoms with van der Waals surface area (Å²) in [5, 5.41) is 11.6. The highest BCUT2D eigenvalue weighted by Crippen LogP contribution is 2.29. The molecule has 1 N–H and O–H groups in total. The van der Waals surface area contributed by atoms with Gasteiger partial charge in [0, 0.05) is 11.1 Å². The molecule has 2 aromatic carbocycles. The van der Waals surface area contributed by atoms with Crippen molar-refractivity contribution < 1.29 is 23.8 Å². The molecule has 8 heteroatoms. The van der Waals surface area contributed by atoms with Gasteiger partial charge in [0.1, 0.15) is 17.1 Å². The van der Waals surface area contributed by atoms with Crippen LogP contribution in [-0.4, -0.2) is 44.5 Å². The number of benzene rings is 2. The number of nitrogens with zero attached hydrogens (tertiary/aromatic N) is 2. The quantitative estimate of drug-likeness (QED) is 0.545. The van der Waals surface area contributed by atoms with Gasteiger partial charge in [0.15, 0.2) is 17.3 Å². The second-order valence-electron chi connectivity index (χ2n) is 6.61. The van der Waals surface area contributed by atoms with E-state index in [1.54, 1.807) is 42.5 Å². The Kier molecular flexibility index (Phi) is 7.03. The average molecular weight is 431 g/mol. The van der Waals surface area contributed by atoms with Crippen molar-refractivity contribution in [3.8, 4) is 34.6 Å². The third-order valence-electron chi connectivity index (χ3n) is 4.71. The van der Waals surface area contributed by atoms with E-state index >= 15 is 0 Å². The lowest BCUT2D eigenvalue weighted by Crippen LogP contribution is -2.30. The molecule has 1 aromatic heterocycles. The summed E-state index contributed by atoms with van der Waals surface area (Å²) in [5.41, 5.74) is 2.19. The first-order valence-corrected chi connectivity index (χ1v) is 9.59. The van der Waals surface area contributed by atoms with Crippen LogP contribution in [0.15, 0.2) is 54.6 Å². The Morgan fingerprint density at radius 2 is 1.56 bits per heavy atom. The van der Waals surface area contributed by atoms with Crippen molar-refractivity contribution >= 4 is 11.7 Å². The molecule has 3 rings (SSSR count). The topological polar surface area (TPSA) is 111 Å². The number of ketones is 1. The lowest BCUT2D eigenvalue weighted by molar-refractivity contribution is 0.0902. The third kappa shape index (κ3) is 4.84. The van der Waals surface area contributed by atoms with Crippen LogP contribution in [0.4, 0.5) is 0 Å². The van der Waals surface area contributed by atoms with Gasteiger partial charge >= 0.3 is 0 Å². The van der Waals surface area contributed by atoms with Crippen LogP contribution >= 0.6 is 0 Å². The number of methoxy groups -OCH3 is 3. The fourth-order valence-corrected chi connectivity index (χ4v) is 3.01. The van der Waals surface area contributed by atoms with Crippen LogP contribution in [0.25, 0.3) is 11.3 Å². The van der Waals surface area contributed by atoms with Crippen LogP contribution in [0.5, 0.6) is 17.2 Å². The lowest BCUT2D eigenvalue weighted by Gasteiger charge is -2.11. The van der Waals surface area contributed by atoms with Gasteiger partial charge < -0.3 is 19.5 Å². The van der Waals surface area contributed by atoms with Crippen LogP contribution in [0.2, 0.25) is 0 Å². The SMILES string of the molecule is COc1ccc(C(=O)NCC(=O)c2ccc(OC)c(-c3ccc(C#N)cc3)n2)cc1OC. The summed E-state index contributed by atoms with van der Waals surface area (Å²) >= 11 is 0. The van der Waals surface area contributed by atoms with Gasteiger partial charge in [-0.05, 0) is 42.5 Å². The Morgan fingerprint density at radius 3 is 2.19 bits per heavy atom. The zero-order valence-corrected chi connectivity index (χ0v) is 17.8. The minimum Gasteiger partial charge on any atom is -0.494 e. The molecule has 1 heterocycles. The van der Waals surface area contributed by atoms with Crippen molar-refractivity contribution in [3.05, 3.63) is 71.4 Å². The van der Waals surface area contributed by atoms with Crippen molar-refractivity contribution in [3.63, 3.8) is 0 Å². The normalized spacial score (nSPS) is 10.1. The zero-order chi connectivity index (χ0) is 23.1. The van der Waals surface area contributed by atoms with Gasteiger partial charge in [0.25, 0.3) is 5.91 Å². The van der Waals surface area contributed by atoms with Gasteiger partial charge in [0.2, 0.25) is 0 Å². The molecule has 32 heavy (non-hydrogen) atoms. The van der Waals surface area contributed by atoms with Crippen molar-refractivity contribution in [2.45, 2.75) is 0 Å². The van der Waals surface area contributed by atoms with E-state index in [9.17, 15) is 9.59 Å². The number of nitrogens with one attached hydrogen (secondary N) is 1. The molecule has 0 fully saturated rings. The summed E-state index contributed by atoms with van der Waals surface area (Å²) in [6, 6.07) is 16.8. The molecule has 0 radical (unpaired) electrons. The maximum absolute atomic E-state index is 12.7. The van der Waals surface area contributed by atoms with E-state index in [4.69, 9.17) is 19.5 Å². The standard InChI is InChI=1S/C24H21N3O5/c1-30-20-10-8-17(12-22(20)32-3)24(29)26-14-19(28)18-9-11-21(31-2)23(27-18)16-6-4-15(13-25)5-7-16/h4-12H,14H2,1-3H3,(H,26,29). The predicted molar refractivity (Wildman–Crippen MR) is 117 cm³/mol. The van der Waals surface area contributed by atoms with Crippen LogP contribution < -0.4 is 19.5 Å². The molecular weight excluding hydrogens is 410 g/mol. The van der Waals surface area contributed by atoms with E-state index < -0.39 is 5.91 Å². The minimum absolute atomic E-state index is 0.178. The zero-order valence-electron chi connectivity index (χ0n) is 17.8. The van der Waals surface area contributed by atoms with Gasteiger partial charge in [-0.2, -0.15) is 5.26 Å². The molecule has 0 saturated heterocycles. The van der Waals surface area contributed by atoms with Gasteiger partial charge in [0.05, 0.1) is 39.5 Å². The second-order valence-corrected chi connectivity index (χ2v) is 6.61. The smallest absolute Gasteiger partial charge is 0.251 e. The molecule has 162 valence electrons. The van der Waals surface area contributed by atoms with Gasteiger partial charge in [-0.25, -0.2) is 4.98 Å². The summed E-state index contributed by atoms with van der Waals surface area (Å²) in [6.45, 7) is -0.237. The number of aromatic nitrogens is 1. The molecule has 0 aliphatic rings. The summed E-state index contributed by atoms with van der Waals surface area (Å²) < 4.78 is 15.7. The summed E-state index contributed by atoms with van der Waals surface area (Å²) in [6.07, 6.45) is 0. The molecule has 0 bridgehead atoms. The van der Waals surface area contributed by atoms with E-state index in [0.717, 1.165) is 0 Å². The highest BCUT2D eigenvalue weighted by molar-refractivity contribution is 6.01. The number of hydrogen-bond donors (Lipinski definition) is 1. The fourth-order valence-electron chi connectivity index (χ4n) is 3.01. The summed E-state index contributed by atoms with van der Waals surface area (Å²) in [4.78, 5) is 29.6. The molecular formula is C24H21N3O5. The predicted octanol–water partition coefficient (Wildman–Crippen LogP) is 3.26. The van der Waals surface area contributed by atoms with E-state index in [-0.39, 0.29) is 18.0 Å². The monoisotopic (exact) mass is 431 g/mol. The van der Waals surface area contributed by atoms with Gasteiger partial charge in [-0.1, -0.05) is 12.1 Å². The van der Waals surface area contributed by atoms with Gasteiger partial charge in [-0.15, -0.1) is 0 Å². The highest BCUT2D eigenvalue weighted by Gasteiger charge is 2.16. The summed E-state index contributed by atoms with van der Waals surface area (Å²) in [7, 11) is 4.49. The third-order valence-corrected chi connectivity index (χ3v) is 4.71. The van der Waals surface area contributed by atoms with Crippen LogP contribution in [0.1, 0.15) is 26.4 Å². The number of rotatable bonds is 8. The number of amides is 1. The minimum atomic E-state index is -0.430. The Morgan fingerprint density at radius 1 is 0.906 bits per heavy atom. The largest absolute Gasteiger partial charge is 0.494 e. The van der Waals surface area contributed by atoms with Crippen molar-refractivity contribution in [1.29, 1.82) is 5.26 Å². The number of pyridine rings is 1. The van der Waals surface area contributed by atoms with E-state index in [0.29, 0.717) is 39.6 Å². The molecule has 0 unspecified atom stereocenters. The van der Waals surface area contributed by atoms with E-state index in [1.807, 2.05) is 0 Å². The number of Topliss-reactive ketones (excluding diaryl/α,β-unsaturated/α-hetero) is 1. The Bertz CT molecular complexity index is 1180. The number of carbonyl (C=O) groups is 2. The molecule has 0 saturated carbocycles. The summed E-state index contributed by atoms with van der Waals surface area (Å²) in [5.74, 6) is 0.602. The van der Waals surface area contributed by atoms with Crippen molar-refractivity contribution in [2.24, 2.45) is 0 Å². The van der Waals surface area contributed by atoms with Crippen molar-refractivity contribution in [1.82, 2.24) is 10.3 Å². The molecule has 0 atom stereocenters. The number of hydrogen-bond acceptors (Lipinski definition) is 7. The first kappa shape index (κ1) is 22.3. The highest BCUT2D eigenvalue weighted by atomic mass is 16.5. The Hall–Kier alpha value is -4.38. The molecule has 1 amide bonds. The second kappa shape index (κ2) is 10.1. The van der Waals surface area contributed by atoms with E-state index in [2.05, 4.69) is 16.4 Å². The first-order valence-electron chi connectivity index (χ1n) is 9.59. The maximum atomic E-state index is 12.7. The molecule has 8 nitrogen and oxygen atoms in total. The molecule has 3 aromatic rings. The lowest BCUT2D eigenvalue weighted by atomic mass is 10.1. The molecule has 0 aliphatic heterocycles.